The Morgan fingerprint density at radius 2 is 1.96 bits per heavy atom. The van der Waals surface area contributed by atoms with Gasteiger partial charge in [-0.25, -0.2) is 0 Å². The van der Waals surface area contributed by atoms with Crippen LogP contribution in [-0.4, -0.2) is 29.2 Å². The minimum atomic E-state index is -0.564. The molecule has 0 radical (unpaired) electrons. The Morgan fingerprint density at radius 3 is 2.59 bits per heavy atom. The van der Waals surface area contributed by atoms with E-state index in [0.717, 1.165) is 0 Å². The Balaban J connectivity index is 2.06. The Labute approximate surface area is 161 Å². The number of nitrogens with zero attached hydrogens (tertiary/aromatic N) is 1. The van der Waals surface area contributed by atoms with Crippen molar-refractivity contribution >= 4 is 34.6 Å². The molecule has 2 N–H and O–H groups in total. The average molecular weight is 389 g/mol. The van der Waals surface area contributed by atoms with Crippen LogP contribution in [0.3, 0.4) is 0 Å². The highest BCUT2D eigenvalue weighted by atomic mass is 32.1. The molecule has 2 aromatic carbocycles. The van der Waals surface area contributed by atoms with Crippen LogP contribution in [-0.2, 0) is 0 Å². The fourth-order valence-electron chi connectivity index (χ4n) is 2.23. The third-order valence-electron chi connectivity index (χ3n) is 3.33. The van der Waals surface area contributed by atoms with Gasteiger partial charge < -0.3 is 14.8 Å². The van der Waals surface area contributed by atoms with Crippen LogP contribution in [0.25, 0.3) is 0 Å². The lowest BCUT2D eigenvalue weighted by atomic mass is 10.2. The molecule has 0 atom stereocenters. The predicted molar refractivity (Wildman–Crippen MR) is 106 cm³/mol. The zero-order valence-corrected chi connectivity index (χ0v) is 15.8. The maximum absolute atomic E-state index is 12.3. The van der Waals surface area contributed by atoms with Crippen LogP contribution < -0.4 is 20.1 Å². The maximum atomic E-state index is 12.3. The number of anilines is 1. The van der Waals surface area contributed by atoms with Gasteiger partial charge in [0.05, 0.1) is 18.1 Å². The minimum Gasteiger partial charge on any atom is -0.491 e. The van der Waals surface area contributed by atoms with Crippen molar-refractivity contribution in [3.05, 3.63) is 58.1 Å². The van der Waals surface area contributed by atoms with Crippen molar-refractivity contribution in [3.63, 3.8) is 0 Å². The van der Waals surface area contributed by atoms with E-state index in [1.165, 1.54) is 19.2 Å². The summed E-state index contributed by atoms with van der Waals surface area (Å²) in [4.78, 5) is 22.8. The van der Waals surface area contributed by atoms with Crippen molar-refractivity contribution in [2.75, 3.05) is 12.4 Å². The molecular weight excluding hydrogens is 370 g/mol. The summed E-state index contributed by atoms with van der Waals surface area (Å²) >= 11 is 5.11. The van der Waals surface area contributed by atoms with Gasteiger partial charge in [0.25, 0.3) is 5.91 Å². The molecule has 0 aliphatic rings. The molecule has 1 amide bonds. The molecule has 0 aliphatic heterocycles. The average Bonchev–Trinajstić information content (AvgIpc) is 2.61. The largest absolute Gasteiger partial charge is 0.491 e. The fraction of sp³-hybridized carbons (Fsp3) is 0.222. The van der Waals surface area contributed by atoms with E-state index in [-0.39, 0.29) is 22.7 Å². The Morgan fingerprint density at radius 1 is 1.22 bits per heavy atom. The second-order valence-electron chi connectivity index (χ2n) is 5.75. The highest BCUT2D eigenvalue weighted by Gasteiger charge is 2.16. The normalized spacial score (nSPS) is 10.2. The molecule has 27 heavy (non-hydrogen) atoms. The van der Waals surface area contributed by atoms with Gasteiger partial charge in [-0.2, -0.15) is 0 Å². The lowest BCUT2D eigenvalue weighted by molar-refractivity contribution is -0.385. The Bertz CT molecular complexity index is 870. The van der Waals surface area contributed by atoms with Gasteiger partial charge in [0.2, 0.25) is 0 Å². The van der Waals surface area contributed by atoms with E-state index in [9.17, 15) is 14.9 Å². The first-order valence-corrected chi connectivity index (χ1v) is 8.42. The Kier molecular flexibility index (Phi) is 6.67. The van der Waals surface area contributed by atoms with E-state index < -0.39 is 10.8 Å². The van der Waals surface area contributed by atoms with Gasteiger partial charge in [-0.3, -0.25) is 20.2 Å². The summed E-state index contributed by atoms with van der Waals surface area (Å²) in [5.74, 6) is 0.273. The second-order valence-corrected chi connectivity index (χ2v) is 6.15. The van der Waals surface area contributed by atoms with Gasteiger partial charge in [-0.15, -0.1) is 0 Å². The summed E-state index contributed by atoms with van der Waals surface area (Å²) in [6.45, 7) is 3.78. The third-order valence-corrected chi connectivity index (χ3v) is 3.53. The number of hydrogen-bond acceptors (Lipinski definition) is 6. The monoisotopic (exact) mass is 389 g/mol. The summed E-state index contributed by atoms with van der Waals surface area (Å²) in [5, 5.41) is 16.4. The molecule has 0 spiro atoms. The summed E-state index contributed by atoms with van der Waals surface area (Å²) in [6, 6.07) is 11.0. The van der Waals surface area contributed by atoms with Crippen molar-refractivity contribution in [3.8, 4) is 11.5 Å². The van der Waals surface area contributed by atoms with Crippen LogP contribution in [0.2, 0.25) is 0 Å². The van der Waals surface area contributed by atoms with E-state index in [0.29, 0.717) is 17.0 Å². The smallest absolute Gasteiger partial charge is 0.312 e. The van der Waals surface area contributed by atoms with E-state index in [2.05, 4.69) is 10.6 Å². The second kappa shape index (κ2) is 8.95. The highest BCUT2D eigenvalue weighted by molar-refractivity contribution is 7.80. The first-order chi connectivity index (χ1) is 12.8. The summed E-state index contributed by atoms with van der Waals surface area (Å²) < 4.78 is 10.5. The number of thiocarbonyl (C=S) groups is 1. The molecule has 2 rings (SSSR count). The van der Waals surface area contributed by atoms with E-state index in [4.69, 9.17) is 21.7 Å². The first-order valence-electron chi connectivity index (χ1n) is 8.01. The van der Waals surface area contributed by atoms with Crippen molar-refractivity contribution in [2.45, 2.75) is 20.0 Å². The number of nitro benzene ring substituents is 1. The summed E-state index contributed by atoms with van der Waals surface area (Å²) in [7, 11) is 1.34. The molecule has 0 heterocycles. The van der Waals surface area contributed by atoms with Gasteiger partial charge in [0.15, 0.2) is 10.9 Å². The first kappa shape index (κ1) is 20.1. The molecule has 0 aromatic heterocycles. The van der Waals surface area contributed by atoms with Crippen molar-refractivity contribution in [1.82, 2.24) is 5.32 Å². The number of benzene rings is 2. The topological polar surface area (TPSA) is 103 Å². The number of nitro groups is 1. The van der Waals surface area contributed by atoms with Gasteiger partial charge in [-0.1, -0.05) is 6.07 Å². The van der Waals surface area contributed by atoms with Crippen LogP contribution in [0.15, 0.2) is 42.5 Å². The zero-order chi connectivity index (χ0) is 20.0. The van der Waals surface area contributed by atoms with Crippen LogP contribution in [0.5, 0.6) is 11.5 Å². The zero-order valence-electron chi connectivity index (χ0n) is 15.0. The maximum Gasteiger partial charge on any atom is 0.312 e. The van der Waals surface area contributed by atoms with Crippen LogP contribution in [0.1, 0.15) is 24.2 Å². The van der Waals surface area contributed by atoms with Gasteiger partial charge in [-0.05, 0) is 56.4 Å². The van der Waals surface area contributed by atoms with Crippen LogP contribution in [0, 0.1) is 10.1 Å². The third kappa shape index (κ3) is 5.65. The van der Waals surface area contributed by atoms with Gasteiger partial charge in [0, 0.05) is 17.3 Å². The molecule has 142 valence electrons. The number of rotatable bonds is 6. The molecule has 0 saturated heterocycles. The number of carbonyl (C=O) groups excluding carboxylic acids is 1. The SMILES string of the molecule is COc1ccc(NC(=S)NC(=O)c2cccc(OC(C)C)c2)cc1[N+](=O)[O-]. The number of methoxy groups -OCH3 is 1. The molecular formula is C18H19N3O5S. The quantitative estimate of drug-likeness (QED) is 0.443. The fourth-order valence-corrected chi connectivity index (χ4v) is 2.44. The molecule has 2 aromatic rings. The van der Waals surface area contributed by atoms with Crippen LogP contribution >= 0.6 is 12.2 Å². The Hall–Kier alpha value is -3.20. The lowest BCUT2D eigenvalue weighted by Crippen LogP contribution is -2.34. The van der Waals surface area contributed by atoms with E-state index >= 15 is 0 Å². The van der Waals surface area contributed by atoms with Gasteiger partial charge >= 0.3 is 5.69 Å². The summed E-state index contributed by atoms with van der Waals surface area (Å²) in [6.07, 6.45) is -0.0167. The number of ether oxygens (including phenoxy) is 2. The van der Waals surface area contributed by atoms with Crippen molar-refractivity contribution in [1.29, 1.82) is 0 Å². The number of carbonyl (C=O) groups is 1. The number of amides is 1. The van der Waals surface area contributed by atoms with Crippen molar-refractivity contribution in [2.24, 2.45) is 0 Å². The standard InChI is InChI=1S/C18H19N3O5S/c1-11(2)26-14-6-4-5-12(9-14)17(22)20-18(27)19-13-7-8-16(25-3)15(10-13)21(23)24/h4-11H,1-3H3,(H2,19,20,22,27). The van der Waals surface area contributed by atoms with E-state index in [1.807, 2.05) is 13.8 Å². The van der Waals surface area contributed by atoms with Crippen LogP contribution in [0.4, 0.5) is 11.4 Å². The molecule has 0 fully saturated rings. The minimum absolute atomic E-state index is 0.00893. The molecule has 9 heteroatoms. The molecule has 0 saturated carbocycles. The molecule has 0 bridgehead atoms. The molecule has 8 nitrogen and oxygen atoms in total. The molecule has 0 aliphatic carbocycles. The molecule has 0 unspecified atom stereocenters. The number of nitrogens with one attached hydrogen (secondary N) is 2. The number of hydrogen-bond donors (Lipinski definition) is 2. The predicted octanol–water partition coefficient (Wildman–Crippen LogP) is 3.52. The van der Waals surface area contributed by atoms with Crippen molar-refractivity contribution < 1.29 is 19.2 Å². The summed E-state index contributed by atoms with van der Waals surface area (Å²) in [5.41, 5.74) is 0.512. The highest BCUT2D eigenvalue weighted by Crippen LogP contribution is 2.29. The van der Waals surface area contributed by atoms with E-state index in [1.54, 1.807) is 30.3 Å². The van der Waals surface area contributed by atoms with Gasteiger partial charge in [0.1, 0.15) is 5.75 Å². The lowest BCUT2D eigenvalue weighted by Gasteiger charge is -2.12.